The molecule has 2 aromatic heterocycles. The quantitative estimate of drug-likeness (QED) is 0.609. The summed E-state index contributed by atoms with van der Waals surface area (Å²) in [6.07, 6.45) is 5.35. The molecule has 2 fully saturated rings. The molecular formula is C23H27N5O3. The van der Waals surface area contributed by atoms with E-state index >= 15 is 0 Å². The highest BCUT2D eigenvalue weighted by Crippen LogP contribution is 2.36. The molecule has 0 radical (unpaired) electrons. The zero-order chi connectivity index (χ0) is 21.2. The number of aromatic nitrogens is 3. The molecule has 0 N–H and O–H groups in total. The zero-order valence-electron chi connectivity index (χ0n) is 17.7. The Bertz CT molecular complexity index is 1030. The van der Waals surface area contributed by atoms with E-state index in [9.17, 15) is 4.79 Å². The Morgan fingerprint density at radius 2 is 1.87 bits per heavy atom. The second-order valence-electron chi connectivity index (χ2n) is 8.16. The maximum atomic E-state index is 12.9. The first-order valence-electron chi connectivity index (χ1n) is 10.9. The average molecular weight is 422 g/mol. The minimum absolute atomic E-state index is 0.102. The lowest BCUT2D eigenvalue weighted by atomic mass is 9.85. The molecule has 2 aliphatic rings. The Hall–Kier alpha value is -3.29. The van der Waals surface area contributed by atoms with Crippen LogP contribution in [-0.2, 0) is 11.3 Å². The van der Waals surface area contributed by atoms with Gasteiger partial charge in [-0.2, -0.15) is 0 Å². The van der Waals surface area contributed by atoms with Gasteiger partial charge in [0.15, 0.2) is 0 Å². The minimum atomic E-state index is 0.102. The van der Waals surface area contributed by atoms with Gasteiger partial charge in [0.1, 0.15) is 18.0 Å². The molecule has 1 amide bonds. The van der Waals surface area contributed by atoms with Gasteiger partial charge in [0.2, 0.25) is 11.8 Å². The molecule has 1 saturated carbocycles. The van der Waals surface area contributed by atoms with Gasteiger partial charge < -0.3 is 23.5 Å². The van der Waals surface area contributed by atoms with Crippen molar-refractivity contribution in [3.8, 4) is 17.3 Å². The normalized spacial score (nSPS) is 16.9. The molecule has 0 unspecified atom stereocenters. The van der Waals surface area contributed by atoms with Gasteiger partial charge in [-0.3, -0.25) is 4.79 Å². The van der Waals surface area contributed by atoms with Crippen LogP contribution in [0.1, 0.15) is 31.1 Å². The first-order valence-corrected chi connectivity index (χ1v) is 10.9. The van der Waals surface area contributed by atoms with E-state index in [4.69, 9.17) is 9.15 Å². The highest BCUT2D eigenvalue weighted by molar-refractivity contribution is 5.77. The van der Waals surface area contributed by atoms with Crippen molar-refractivity contribution in [2.45, 2.75) is 31.7 Å². The standard InChI is InChI=1S/C23H27N5O3/c1-30-19-9-7-18(8-10-19)26-12-14-27(15-13-26)21(29)16-28-11-3-6-20(28)23-25-24-22(31-23)17-4-2-5-17/h3,6-11,17H,2,4-5,12-16H2,1H3. The third-order valence-corrected chi connectivity index (χ3v) is 6.32. The second-order valence-corrected chi connectivity index (χ2v) is 8.16. The van der Waals surface area contributed by atoms with E-state index in [1.54, 1.807) is 7.11 Å². The van der Waals surface area contributed by atoms with Crippen LogP contribution in [0.15, 0.2) is 47.0 Å². The maximum absolute atomic E-state index is 12.9. The number of amides is 1. The van der Waals surface area contributed by atoms with E-state index in [1.807, 2.05) is 39.9 Å². The van der Waals surface area contributed by atoms with Crippen molar-refractivity contribution >= 4 is 11.6 Å². The third-order valence-electron chi connectivity index (χ3n) is 6.32. The Labute approximate surface area is 181 Å². The molecule has 162 valence electrons. The SMILES string of the molecule is COc1ccc(N2CCN(C(=O)Cn3cccc3-c3nnc(C4CCC4)o3)CC2)cc1. The summed E-state index contributed by atoms with van der Waals surface area (Å²) in [7, 11) is 1.67. The summed E-state index contributed by atoms with van der Waals surface area (Å²) in [6.45, 7) is 3.30. The van der Waals surface area contributed by atoms with Gasteiger partial charge in [-0.15, -0.1) is 10.2 Å². The van der Waals surface area contributed by atoms with Gasteiger partial charge in [-0.25, -0.2) is 0 Å². The van der Waals surface area contributed by atoms with E-state index < -0.39 is 0 Å². The number of anilines is 1. The van der Waals surface area contributed by atoms with Crippen LogP contribution in [-0.4, -0.2) is 58.9 Å². The van der Waals surface area contributed by atoms with Crippen LogP contribution in [0.2, 0.25) is 0 Å². The number of benzene rings is 1. The van der Waals surface area contributed by atoms with Crippen molar-refractivity contribution in [1.82, 2.24) is 19.7 Å². The fourth-order valence-electron chi connectivity index (χ4n) is 4.16. The molecule has 0 bridgehead atoms. The van der Waals surface area contributed by atoms with E-state index in [1.165, 1.54) is 6.42 Å². The van der Waals surface area contributed by atoms with E-state index in [-0.39, 0.29) is 12.5 Å². The Morgan fingerprint density at radius 3 is 2.55 bits per heavy atom. The fourth-order valence-corrected chi connectivity index (χ4v) is 4.16. The molecule has 1 aliphatic carbocycles. The Balaban J connectivity index is 1.19. The summed E-state index contributed by atoms with van der Waals surface area (Å²) in [5.74, 6) is 2.55. The first-order chi connectivity index (χ1) is 15.2. The van der Waals surface area contributed by atoms with Gasteiger partial charge >= 0.3 is 0 Å². The van der Waals surface area contributed by atoms with Crippen LogP contribution < -0.4 is 9.64 Å². The van der Waals surface area contributed by atoms with Crippen LogP contribution in [0.5, 0.6) is 5.75 Å². The minimum Gasteiger partial charge on any atom is -0.497 e. The van der Waals surface area contributed by atoms with Gasteiger partial charge in [-0.05, 0) is 49.2 Å². The highest BCUT2D eigenvalue weighted by atomic mass is 16.5. The largest absolute Gasteiger partial charge is 0.497 e. The molecule has 0 spiro atoms. The van der Waals surface area contributed by atoms with Crippen molar-refractivity contribution < 1.29 is 13.9 Å². The van der Waals surface area contributed by atoms with Gasteiger partial charge in [0.25, 0.3) is 5.89 Å². The fraction of sp³-hybridized carbons (Fsp3) is 0.435. The number of rotatable bonds is 6. The average Bonchev–Trinajstić information content (AvgIpc) is 3.42. The number of carbonyl (C=O) groups excluding carboxylic acids is 1. The molecule has 1 saturated heterocycles. The summed E-state index contributed by atoms with van der Waals surface area (Å²) in [4.78, 5) is 17.2. The third kappa shape index (κ3) is 4.02. The van der Waals surface area contributed by atoms with E-state index in [0.717, 1.165) is 49.0 Å². The lowest BCUT2D eigenvalue weighted by molar-refractivity contribution is -0.132. The van der Waals surface area contributed by atoms with Crippen LogP contribution >= 0.6 is 0 Å². The van der Waals surface area contributed by atoms with Crippen molar-refractivity contribution in [3.05, 3.63) is 48.5 Å². The molecule has 31 heavy (non-hydrogen) atoms. The van der Waals surface area contributed by atoms with E-state index in [0.29, 0.717) is 24.9 Å². The Morgan fingerprint density at radius 1 is 1.10 bits per heavy atom. The zero-order valence-corrected chi connectivity index (χ0v) is 17.7. The predicted molar refractivity (Wildman–Crippen MR) is 116 cm³/mol. The van der Waals surface area contributed by atoms with Crippen molar-refractivity contribution in [1.29, 1.82) is 0 Å². The topological polar surface area (TPSA) is 76.6 Å². The molecule has 8 nitrogen and oxygen atoms in total. The van der Waals surface area contributed by atoms with Crippen molar-refractivity contribution in [2.75, 3.05) is 38.2 Å². The van der Waals surface area contributed by atoms with Crippen molar-refractivity contribution in [3.63, 3.8) is 0 Å². The molecule has 1 aromatic carbocycles. The van der Waals surface area contributed by atoms with Gasteiger partial charge in [-0.1, -0.05) is 6.42 Å². The molecule has 3 aromatic rings. The molecule has 5 rings (SSSR count). The van der Waals surface area contributed by atoms with E-state index in [2.05, 4.69) is 27.2 Å². The number of carbonyl (C=O) groups is 1. The summed E-state index contributed by atoms with van der Waals surface area (Å²) in [5, 5.41) is 8.43. The Kier molecular flexibility index (Phi) is 5.36. The van der Waals surface area contributed by atoms with Crippen LogP contribution in [0.3, 0.4) is 0 Å². The number of ether oxygens (including phenoxy) is 1. The molecule has 8 heteroatoms. The first kappa shape index (κ1) is 19.7. The summed E-state index contributed by atoms with van der Waals surface area (Å²) in [6, 6.07) is 11.9. The number of piperazine rings is 1. The predicted octanol–water partition coefficient (Wildman–Crippen LogP) is 3.16. The molecular weight excluding hydrogens is 394 g/mol. The summed E-state index contributed by atoms with van der Waals surface area (Å²) < 4.78 is 13.0. The number of methoxy groups -OCH3 is 1. The summed E-state index contributed by atoms with van der Waals surface area (Å²) >= 11 is 0. The van der Waals surface area contributed by atoms with Crippen LogP contribution in [0.4, 0.5) is 5.69 Å². The summed E-state index contributed by atoms with van der Waals surface area (Å²) in [5.41, 5.74) is 1.95. The number of hydrogen-bond donors (Lipinski definition) is 0. The van der Waals surface area contributed by atoms with Gasteiger partial charge in [0, 0.05) is 44.0 Å². The second kappa shape index (κ2) is 8.45. The molecule has 1 aliphatic heterocycles. The lowest BCUT2D eigenvalue weighted by Gasteiger charge is -2.36. The van der Waals surface area contributed by atoms with Gasteiger partial charge in [0.05, 0.1) is 7.11 Å². The monoisotopic (exact) mass is 421 g/mol. The lowest BCUT2D eigenvalue weighted by Crippen LogP contribution is -2.49. The highest BCUT2D eigenvalue weighted by Gasteiger charge is 2.27. The smallest absolute Gasteiger partial charge is 0.264 e. The van der Waals surface area contributed by atoms with Crippen LogP contribution in [0.25, 0.3) is 11.6 Å². The van der Waals surface area contributed by atoms with Crippen molar-refractivity contribution in [2.24, 2.45) is 0 Å². The number of nitrogens with zero attached hydrogens (tertiary/aromatic N) is 5. The maximum Gasteiger partial charge on any atom is 0.264 e. The number of hydrogen-bond acceptors (Lipinski definition) is 6. The molecule has 3 heterocycles. The van der Waals surface area contributed by atoms with Crippen LogP contribution in [0, 0.1) is 0 Å². The molecule has 0 atom stereocenters.